The van der Waals surface area contributed by atoms with Crippen molar-refractivity contribution < 1.29 is 27.4 Å². The van der Waals surface area contributed by atoms with Crippen LogP contribution in [0.25, 0.3) is 0 Å². The number of carbonyl (C=O) groups is 1. The second kappa shape index (κ2) is 7.68. The van der Waals surface area contributed by atoms with Gasteiger partial charge in [0.15, 0.2) is 0 Å². The lowest BCUT2D eigenvalue weighted by Crippen LogP contribution is -2.59. The first-order chi connectivity index (χ1) is 15.3. The van der Waals surface area contributed by atoms with E-state index in [0.717, 1.165) is 37.8 Å². The monoisotopic (exact) mass is 442 g/mol. The standard InChI is InChI=1S/C26H25F3O3/c1-2-25(19-11-16-10-17(13-19)14-20(25)12-16)32-23-15-18(8-9-22(23)26(27,28)29)24(30)31-21-6-4-3-5-7-21/h2-9,15-17,19-20H,1,10-14H2. The number of ether oxygens (including phenoxy) is 2. The maximum absolute atomic E-state index is 13.8. The van der Waals surface area contributed by atoms with E-state index in [1.807, 2.05) is 0 Å². The molecule has 6 heteroatoms. The first-order valence-corrected chi connectivity index (χ1v) is 11.1. The van der Waals surface area contributed by atoms with Crippen LogP contribution < -0.4 is 9.47 Å². The van der Waals surface area contributed by atoms with Crippen LogP contribution in [-0.2, 0) is 6.18 Å². The molecule has 4 bridgehead atoms. The van der Waals surface area contributed by atoms with Gasteiger partial charge >= 0.3 is 12.1 Å². The van der Waals surface area contributed by atoms with Crippen molar-refractivity contribution in [3.63, 3.8) is 0 Å². The molecule has 0 amide bonds. The summed E-state index contributed by atoms with van der Waals surface area (Å²) in [6.07, 6.45) is 2.15. The summed E-state index contributed by atoms with van der Waals surface area (Å²) in [6.45, 7) is 3.98. The zero-order chi connectivity index (χ0) is 22.5. The summed E-state index contributed by atoms with van der Waals surface area (Å²) in [4.78, 5) is 12.6. The van der Waals surface area contributed by atoms with Crippen molar-refractivity contribution in [3.05, 3.63) is 72.3 Å². The highest BCUT2D eigenvalue weighted by Crippen LogP contribution is 2.60. The molecule has 6 rings (SSSR count). The molecule has 0 atom stereocenters. The van der Waals surface area contributed by atoms with Crippen LogP contribution in [0.3, 0.4) is 0 Å². The van der Waals surface area contributed by atoms with Crippen molar-refractivity contribution in [2.24, 2.45) is 23.7 Å². The fourth-order valence-corrected chi connectivity index (χ4v) is 6.28. The quantitative estimate of drug-likeness (QED) is 0.294. The molecule has 4 saturated carbocycles. The highest BCUT2D eigenvalue weighted by molar-refractivity contribution is 5.91. The molecular formula is C26H25F3O3. The van der Waals surface area contributed by atoms with E-state index in [-0.39, 0.29) is 23.1 Å². The van der Waals surface area contributed by atoms with Gasteiger partial charge in [-0.15, -0.1) is 0 Å². The Labute approximate surface area is 185 Å². The van der Waals surface area contributed by atoms with Gasteiger partial charge in [0.1, 0.15) is 17.1 Å². The van der Waals surface area contributed by atoms with E-state index < -0.39 is 23.3 Å². The minimum absolute atomic E-state index is 0.0138. The molecule has 4 aliphatic carbocycles. The predicted molar refractivity (Wildman–Crippen MR) is 113 cm³/mol. The van der Waals surface area contributed by atoms with Gasteiger partial charge in [0.25, 0.3) is 0 Å². The van der Waals surface area contributed by atoms with Gasteiger partial charge in [-0.25, -0.2) is 4.79 Å². The maximum Gasteiger partial charge on any atom is 0.419 e. The summed E-state index contributed by atoms with van der Waals surface area (Å²) in [7, 11) is 0. The van der Waals surface area contributed by atoms with Crippen molar-refractivity contribution >= 4 is 5.97 Å². The van der Waals surface area contributed by atoms with E-state index in [0.29, 0.717) is 17.6 Å². The topological polar surface area (TPSA) is 35.5 Å². The SMILES string of the molecule is C=CC1(Oc2cc(C(=O)Oc3ccccc3)ccc2C(F)(F)F)C2CC3CC(C2)CC1C3. The third kappa shape index (κ3) is 3.59. The number of alkyl halides is 3. The molecular weight excluding hydrogens is 417 g/mol. The first kappa shape index (κ1) is 21.1. The Bertz CT molecular complexity index is 1000. The number of para-hydroxylation sites is 1. The fourth-order valence-electron chi connectivity index (χ4n) is 6.28. The third-order valence-electron chi connectivity index (χ3n) is 7.50. The van der Waals surface area contributed by atoms with Gasteiger partial charge in [-0.1, -0.05) is 24.8 Å². The summed E-state index contributed by atoms with van der Waals surface area (Å²) in [6, 6.07) is 11.6. The van der Waals surface area contributed by atoms with Crippen molar-refractivity contribution in [2.45, 2.75) is 43.9 Å². The Morgan fingerprint density at radius 3 is 2.16 bits per heavy atom. The molecule has 4 fully saturated rings. The number of hydrogen-bond acceptors (Lipinski definition) is 3. The van der Waals surface area contributed by atoms with Crippen molar-refractivity contribution in [1.29, 1.82) is 0 Å². The van der Waals surface area contributed by atoms with Gasteiger partial charge in [0, 0.05) is 11.8 Å². The van der Waals surface area contributed by atoms with Crippen molar-refractivity contribution in [1.82, 2.24) is 0 Å². The fraction of sp³-hybridized carbons (Fsp3) is 0.423. The molecule has 0 N–H and O–H groups in total. The lowest BCUT2D eigenvalue weighted by atomic mass is 9.50. The molecule has 2 aromatic carbocycles. The summed E-state index contributed by atoms with van der Waals surface area (Å²) in [5.74, 6) is 0.824. The van der Waals surface area contributed by atoms with E-state index >= 15 is 0 Å². The Hall–Kier alpha value is -2.76. The van der Waals surface area contributed by atoms with Gasteiger partial charge < -0.3 is 9.47 Å². The highest BCUT2D eigenvalue weighted by Gasteiger charge is 2.58. The minimum Gasteiger partial charge on any atom is -0.482 e. The smallest absolute Gasteiger partial charge is 0.419 e. The third-order valence-corrected chi connectivity index (χ3v) is 7.50. The summed E-state index contributed by atoms with van der Waals surface area (Å²) < 4.78 is 53.1. The first-order valence-electron chi connectivity index (χ1n) is 11.1. The summed E-state index contributed by atoms with van der Waals surface area (Å²) >= 11 is 0. The second-order valence-electron chi connectivity index (χ2n) is 9.38. The molecule has 0 saturated heterocycles. The van der Waals surface area contributed by atoms with Gasteiger partial charge in [-0.05, 0) is 80.3 Å². The average molecular weight is 442 g/mol. The van der Waals surface area contributed by atoms with Crippen LogP contribution in [0.2, 0.25) is 0 Å². The van der Waals surface area contributed by atoms with Crippen molar-refractivity contribution in [3.8, 4) is 11.5 Å². The Balaban J connectivity index is 1.49. The molecule has 3 nitrogen and oxygen atoms in total. The van der Waals surface area contributed by atoms with Crippen LogP contribution in [0.4, 0.5) is 13.2 Å². The number of halogens is 3. The highest BCUT2D eigenvalue weighted by atomic mass is 19.4. The molecule has 168 valence electrons. The van der Waals surface area contributed by atoms with E-state index in [1.165, 1.54) is 12.5 Å². The molecule has 0 aliphatic heterocycles. The molecule has 0 aromatic heterocycles. The van der Waals surface area contributed by atoms with E-state index in [4.69, 9.17) is 9.47 Å². The van der Waals surface area contributed by atoms with Gasteiger partial charge in [-0.3, -0.25) is 0 Å². The predicted octanol–water partition coefficient (Wildman–Crippen LogP) is 6.68. The molecule has 0 heterocycles. The summed E-state index contributed by atoms with van der Waals surface area (Å²) in [5, 5.41) is 0. The van der Waals surface area contributed by atoms with Crippen molar-refractivity contribution in [2.75, 3.05) is 0 Å². The Kier molecular flexibility index (Phi) is 5.06. The van der Waals surface area contributed by atoms with E-state index in [9.17, 15) is 18.0 Å². The van der Waals surface area contributed by atoms with Crippen LogP contribution >= 0.6 is 0 Å². The average Bonchev–Trinajstić information content (AvgIpc) is 2.76. The van der Waals surface area contributed by atoms with Gasteiger partial charge in [-0.2, -0.15) is 13.2 Å². The molecule has 32 heavy (non-hydrogen) atoms. The number of carbonyl (C=O) groups excluding carboxylic acids is 1. The number of benzene rings is 2. The lowest BCUT2D eigenvalue weighted by molar-refractivity contribution is -0.149. The Morgan fingerprint density at radius 1 is 0.969 bits per heavy atom. The number of esters is 1. The minimum atomic E-state index is -4.61. The number of rotatable bonds is 5. The normalized spacial score (nSPS) is 30.7. The van der Waals surface area contributed by atoms with Crippen LogP contribution in [0.5, 0.6) is 11.5 Å². The van der Waals surface area contributed by atoms with E-state index in [1.54, 1.807) is 36.4 Å². The Morgan fingerprint density at radius 2 is 1.59 bits per heavy atom. The maximum atomic E-state index is 13.8. The van der Waals surface area contributed by atoms with Crippen LogP contribution in [0, 0.1) is 23.7 Å². The molecule has 2 aromatic rings. The van der Waals surface area contributed by atoms with Crippen LogP contribution in [-0.4, -0.2) is 11.6 Å². The molecule has 0 spiro atoms. The zero-order valence-corrected chi connectivity index (χ0v) is 17.6. The lowest BCUT2D eigenvalue weighted by Gasteiger charge is -2.59. The molecule has 0 unspecified atom stereocenters. The van der Waals surface area contributed by atoms with Gasteiger partial charge in [0.2, 0.25) is 0 Å². The molecule has 0 radical (unpaired) electrons. The van der Waals surface area contributed by atoms with Crippen LogP contribution in [0.15, 0.2) is 61.2 Å². The zero-order valence-electron chi connectivity index (χ0n) is 17.6. The second-order valence-corrected chi connectivity index (χ2v) is 9.38. The largest absolute Gasteiger partial charge is 0.482 e. The molecule has 4 aliphatic rings. The van der Waals surface area contributed by atoms with Gasteiger partial charge in [0.05, 0.1) is 11.1 Å². The summed E-state index contributed by atoms with van der Waals surface area (Å²) in [5.41, 5.74) is -1.71. The van der Waals surface area contributed by atoms with Crippen LogP contribution in [0.1, 0.15) is 48.0 Å². The number of hydrogen-bond donors (Lipinski definition) is 0. The van der Waals surface area contributed by atoms with E-state index in [2.05, 4.69) is 6.58 Å².